The lowest BCUT2D eigenvalue weighted by Gasteiger charge is -2.14. The SMILES string of the molecule is CC/C=C\C/C=C\C/C=C\C/C=C\C/C=C\CC(=O)OC(/C=C\C/C=C\C/C=C\C/C=C\C/C=C\CC)CCCCC(=O)NCC(=O)O. The minimum absolute atomic E-state index is 0.201. The summed E-state index contributed by atoms with van der Waals surface area (Å²) in [5.74, 6) is -1.65. The number of rotatable bonds is 29. The monoisotopic (exact) mass is 659 g/mol. The molecule has 0 aliphatic rings. The number of aliphatic carboxylic acids is 1. The zero-order chi connectivity index (χ0) is 35.2. The van der Waals surface area contributed by atoms with Gasteiger partial charge < -0.3 is 15.2 Å². The molecule has 0 fully saturated rings. The summed E-state index contributed by atoms with van der Waals surface area (Å²) in [5.41, 5.74) is 0. The summed E-state index contributed by atoms with van der Waals surface area (Å²) in [7, 11) is 0. The molecule has 0 bridgehead atoms. The summed E-state index contributed by atoms with van der Waals surface area (Å²) in [4.78, 5) is 35.0. The first kappa shape index (κ1) is 43.8. The Balaban J connectivity index is 4.59. The Labute approximate surface area is 291 Å². The summed E-state index contributed by atoms with van der Waals surface area (Å²) in [5, 5.41) is 11.1. The van der Waals surface area contributed by atoms with Crippen molar-refractivity contribution in [1.82, 2.24) is 5.32 Å². The predicted molar refractivity (Wildman–Crippen MR) is 203 cm³/mol. The van der Waals surface area contributed by atoms with Crippen molar-refractivity contribution in [2.24, 2.45) is 0 Å². The fraction of sp³-hybridized carbons (Fsp3) is 0.452. The van der Waals surface area contributed by atoms with Crippen LogP contribution in [0.25, 0.3) is 0 Å². The third-order valence-corrected chi connectivity index (χ3v) is 6.65. The Kier molecular flexibility index (Phi) is 32.5. The maximum atomic E-state index is 12.5. The molecule has 48 heavy (non-hydrogen) atoms. The van der Waals surface area contributed by atoms with E-state index < -0.39 is 5.97 Å². The molecule has 0 aliphatic carbocycles. The van der Waals surface area contributed by atoms with E-state index in [1.165, 1.54) is 0 Å². The van der Waals surface area contributed by atoms with Crippen molar-refractivity contribution < 1.29 is 24.2 Å². The largest absolute Gasteiger partial charge is 0.480 e. The highest BCUT2D eigenvalue weighted by atomic mass is 16.5. The van der Waals surface area contributed by atoms with E-state index in [4.69, 9.17) is 9.84 Å². The highest BCUT2D eigenvalue weighted by molar-refractivity contribution is 5.81. The van der Waals surface area contributed by atoms with Gasteiger partial charge in [0.2, 0.25) is 5.91 Å². The van der Waals surface area contributed by atoms with Crippen LogP contribution in [0.3, 0.4) is 0 Å². The van der Waals surface area contributed by atoms with E-state index in [0.717, 1.165) is 64.2 Å². The first-order valence-electron chi connectivity index (χ1n) is 17.7. The average molecular weight is 660 g/mol. The molecule has 0 heterocycles. The molecule has 1 amide bonds. The summed E-state index contributed by atoms with van der Waals surface area (Å²) in [6, 6.07) is 0. The first-order valence-corrected chi connectivity index (χ1v) is 17.7. The smallest absolute Gasteiger partial charge is 0.322 e. The summed E-state index contributed by atoms with van der Waals surface area (Å²) in [6.07, 6.45) is 53.3. The number of unbranched alkanes of at least 4 members (excludes halogenated alkanes) is 1. The summed E-state index contributed by atoms with van der Waals surface area (Å²) in [6.45, 7) is 3.89. The molecule has 0 radical (unpaired) electrons. The number of nitrogens with one attached hydrogen (secondary N) is 1. The molecule has 1 unspecified atom stereocenters. The van der Waals surface area contributed by atoms with Gasteiger partial charge in [-0.15, -0.1) is 0 Å². The lowest BCUT2D eigenvalue weighted by molar-refractivity contribution is -0.146. The Hall–Kier alpha value is -4.19. The van der Waals surface area contributed by atoms with Crippen LogP contribution in [0.4, 0.5) is 0 Å². The van der Waals surface area contributed by atoms with Crippen molar-refractivity contribution in [2.75, 3.05) is 6.54 Å². The zero-order valence-corrected chi connectivity index (χ0v) is 29.5. The number of hydrogen-bond acceptors (Lipinski definition) is 4. The van der Waals surface area contributed by atoms with Gasteiger partial charge in [0.05, 0.1) is 6.42 Å². The van der Waals surface area contributed by atoms with Gasteiger partial charge in [0.1, 0.15) is 12.6 Å². The Morgan fingerprint density at radius 3 is 1.38 bits per heavy atom. The molecular weight excluding hydrogens is 598 g/mol. The van der Waals surface area contributed by atoms with E-state index in [9.17, 15) is 14.4 Å². The number of amides is 1. The van der Waals surface area contributed by atoms with Crippen LogP contribution in [0.2, 0.25) is 0 Å². The lowest BCUT2D eigenvalue weighted by atomic mass is 10.1. The number of ether oxygens (including phenoxy) is 1. The Bertz CT molecular complexity index is 1130. The van der Waals surface area contributed by atoms with Crippen molar-refractivity contribution in [1.29, 1.82) is 0 Å². The summed E-state index contributed by atoms with van der Waals surface area (Å²) < 4.78 is 5.73. The molecule has 0 aliphatic heterocycles. The van der Waals surface area contributed by atoms with Gasteiger partial charge in [-0.3, -0.25) is 14.4 Å². The van der Waals surface area contributed by atoms with E-state index >= 15 is 0 Å². The zero-order valence-electron chi connectivity index (χ0n) is 29.5. The highest BCUT2D eigenvalue weighted by Gasteiger charge is 2.11. The van der Waals surface area contributed by atoms with Gasteiger partial charge in [0.15, 0.2) is 0 Å². The number of carboxylic acids is 1. The molecule has 0 aromatic heterocycles. The van der Waals surface area contributed by atoms with E-state index in [-0.39, 0.29) is 37.4 Å². The van der Waals surface area contributed by atoms with E-state index in [1.54, 1.807) is 0 Å². The highest BCUT2D eigenvalue weighted by Crippen LogP contribution is 2.11. The van der Waals surface area contributed by atoms with Crippen LogP contribution in [-0.2, 0) is 19.1 Å². The topological polar surface area (TPSA) is 92.7 Å². The third kappa shape index (κ3) is 34.7. The fourth-order valence-electron chi connectivity index (χ4n) is 4.12. The van der Waals surface area contributed by atoms with Gasteiger partial charge in [-0.05, 0) is 89.5 Å². The third-order valence-electron chi connectivity index (χ3n) is 6.65. The lowest BCUT2D eigenvalue weighted by Crippen LogP contribution is -2.28. The van der Waals surface area contributed by atoms with Crippen molar-refractivity contribution in [3.63, 3.8) is 0 Å². The van der Waals surface area contributed by atoms with Crippen molar-refractivity contribution in [2.45, 2.75) is 116 Å². The maximum Gasteiger partial charge on any atom is 0.322 e. The van der Waals surface area contributed by atoms with Crippen molar-refractivity contribution >= 4 is 17.8 Å². The van der Waals surface area contributed by atoms with Crippen LogP contribution in [-0.4, -0.2) is 35.6 Å². The number of carboxylic acid groups (broad SMARTS) is 1. The van der Waals surface area contributed by atoms with Crippen LogP contribution >= 0.6 is 0 Å². The molecule has 0 saturated carbocycles. The van der Waals surface area contributed by atoms with E-state index in [2.05, 4.69) is 116 Å². The molecule has 264 valence electrons. The van der Waals surface area contributed by atoms with Gasteiger partial charge in [-0.1, -0.05) is 129 Å². The molecule has 6 heteroatoms. The van der Waals surface area contributed by atoms with Crippen LogP contribution in [0.1, 0.15) is 110 Å². The van der Waals surface area contributed by atoms with Crippen LogP contribution < -0.4 is 5.32 Å². The summed E-state index contributed by atoms with van der Waals surface area (Å²) >= 11 is 0. The molecule has 1 atom stereocenters. The number of esters is 1. The van der Waals surface area contributed by atoms with Gasteiger partial charge in [-0.2, -0.15) is 0 Å². The van der Waals surface area contributed by atoms with Crippen LogP contribution in [0, 0.1) is 0 Å². The molecule has 0 saturated heterocycles. The number of hydrogen-bond donors (Lipinski definition) is 2. The number of carbonyl (C=O) groups excluding carboxylic acids is 2. The van der Waals surface area contributed by atoms with Gasteiger partial charge >= 0.3 is 11.9 Å². The minimum atomic E-state index is -1.07. The average Bonchev–Trinajstić information content (AvgIpc) is 3.07. The molecular formula is C42H61NO5. The molecule has 0 spiro atoms. The van der Waals surface area contributed by atoms with Crippen molar-refractivity contribution in [3.05, 3.63) is 122 Å². The second-order valence-electron chi connectivity index (χ2n) is 11.0. The van der Waals surface area contributed by atoms with Gasteiger partial charge in [-0.25, -0.2) is 0 Å². The quantitative estimate of drug-likeness (QED) is 0.0473. The number of allylic oxidation sites excluding steroid dienone is 18. The Morgan fingerprint density at radius 1 is 0.562 bits per heavy atom. The molecule has 6 nitrogen and oxygen atoms in total. The van der Waals surface area contributed by atoms with Crippen LogP contribution in [0.15, 0.2) is 122 Å². The fourth-order valence-corrected chi connectivity index (χ4v) is 4.12. The maximum absolute atomic E-state index is 12.5. The van der Waals surface area contributed by atoms with Crippen LogP contribution in [0.5, 0.6) is 0 Å². The second-order valence-corrected chi connectivity index (χ2v) is 11.0. The van der Waals surface area contributed by atoms with Gasteiger partial charge in [0, 0.05) is 6.42 Å². The van der Waals surface area contributed by atoms with E-state index in [1.807, 2.05) is 24.3 Å². The standard InChI is InChI=1S/C42H61NO5/c1-3-5-7-9-11-13-15-17-19-21-23-25-27-29-31-37-42(47)48-39(35-32-33-36-40(44)43-38-41(45)46)34-30-28-26-24-22-20-18-16-14-12-10-8-6-4-2/h5-8,11-14,17-20,23-26,29-31,34,39H,3-4,9-10,15-16,21-22,27-28,32-33,35-38H2,1-2H3,(H,43,44)(H,45,46)/b7-5-,8-6-,13-11-,14-12-,19-17-,20-18-,25-23-,26-24-,31-29-,34-30-. The minimum Gasteiger partial charge on any atom is -0.480 e. The van der Waals surface area contributed by atoms with Gasteiger partial charge in [0.25, 0.3) is 0 Å². The predicted octanol–water partition coefficient (Wildman–Crippen LogP) is 10.6. The molecule has 0 aromatic carbocycles. The molecule has 2 N–H and O–H groups in total. The molecule has 0 rings (SSSR count). The number of carbonyl (C=O) groups is 3. The molecule has 0 aromatic rings. The van der Waals surface area contributed by atoms with Crippen molar-refractivity contribution in [3.8, 4) is 0 Å². The normalized spacial score (nSPS) is 13.5. The second kappa shape index (κ2) is 35.7. The van der Waals surface area contributed by atoms with E-state index in [0.29, 0.717) is 19.3 Å². The Morgan fingerprint density at radius 2 is 0.958 bits per heavy atom. The first-order chi connectivity index (χ1) is 23.5.